The molecule has 0 saturated carbocycles. The van der Waals surface area contributed by atoms with Gasteiger partial charge in [-0.2, -0.15) is 0 Å². The molecule has 0 spiro atoms. The van der Waals surface area contributed by atoms with Crippen LogP contribution in [0.25, 0.3) is 10.1 Å². The molecular weight excluding hydrogens is 285 g/mol. The van der Waals surface area contributed by atoms with Crippen LogP contribution in [0.1, 0.15) is 22.0 Å². The minimum atomic E-state index is -0.221. The maximum absolute atomic E-state index is 13.3. The molecule has 0 radical (unpaired) electrons. The summed E-state index contributed by atoms with van der Waals surface area (Å²) in [7, 11) is 1.65. The third-order valence-corrected chi connectivity index (χ3v) is 4.82. The largest absolute Gasteiger partial charge is 0.497 e. The lowest BCUT2D eigenvalue weighted by Crippen LogP contribution is -2.11. The van der Waals surface area contributed by atoms with E-state index in [1.54, 1.807) is 30.6 Å². The second-order valence-electron chi connectivity index (χ2n) is 5.03. The summed E-state index contributed by atoms with van der Waals surface area (Å²) < 4.78 is 19.5. The molecule has 0 fully saturated rings. The smallest absolute Gasteiger partial charge is 0.123 e. The van der Waals surface area contributed by atoms with E-state index in [1.807, 2.05) is 31.2 Å². The summed E-state index contributed by atoms with van der Waals surface area (Å²) >= 11 is 1.60. The van der Waals surface area contributed by atoms with Crippen molar-refractivity contribution in [2.24, 2.45) is 5.73 Å². The van der Waals surface area contributed by atoms with Gasteiger partial charge in [-0.3, -0.25) is 0 Å². The van der Waals surface area contributed by atoms with E-state index in [1.165, 1.54) is 6.07 Å². The van der Waals surface area contributed by atoms with E-state index in [0.29, 0.717) is 0 Å². The van der Waals surface area contributed by atoms with Gasteiger partial charge in [-0.15, -0.1) is 11.3 Å². The van der Waals surface area contributed by atoms with Crippen LogP contribution in [0.15, 0.2) is 42.5 Å². The van der Waals surface area contributed by atoms with Gasteiger partial charge in [0.05, 0.1) is 13.2 Å². The van der Waals surface area contributed by atoms with Crippen molar-refractivity contribution in [3.05, 3.63) is 64.3 Å². The van der Waals surface area contributed by atoms with Crippen molar-refractivity contribution in [1.29, 1.82) is 0 Å². The summed E-state index contributed by atoms with van der Waals surface area (Å²) in [4.78, 5) is 1.03. The Labute approximate surface area is 127 Å². The van der Waals surface area contributed by atoms with Crippen LogP contribution in [0, 0.1) is 12.7 Å². The lowest BCUT2D eigenvalue weighted by molar-refractivity contribution is 0.414. The standard InChI is InChI=1S/C17H16FNOS/c1-10-7-13(20-2)4-5-14(10)17(19)16-9-11-8-12(18)3-6-15(11)21-16/h3-9,17H,19H2,1-2H3. The van der Waals surface area contributed by atoms with Crippen LogP contribution >= 0.6 is 11.3 Å². The van der Waals surface area contributed by atoms with Gasteiger partial charge in [0.1, 0.15) is 11.6 Å². The van der Waals surface area contributed by atoms with Crippen molar-refractivity contribution in [3.63, 3.8) is 0 Å². The van der Waals surface area contributed by atoms with E-state index in [9.17, 15) is 4.39 Å². The van der Waals surface area contributed by atoms with Gasteiger partial charge in [0, 0.05) is 9.58 Å². The van der Waals surface area contributed by atoms with Crippen molar-refractivity contribution in [1.82, 2.24) is 0 Å². The summed E-state index contributed by atoms with van der Waals surface area (Å²) in [5, 5.41) is 0.900. The zero-order valence-electron chi connectivity index (χ0n) is 11.9. The van der Waals surface area contributed by atoms with Crippen molar-refractivity contribution in [2.45, 2.75) is 13.0 Å². The first kappa shape index (κ1) is 14.0. The number of halogens is 1. The molecule has 2 nitrogen and oxygen atoms in total. The first-order valence-corrected chi connectivity index (χ1v) is 7.49. The van der Waals surface area contributed by atoms with Gasteiger partial charge in [-0.1, -0.05) is 6.07 Å². The van der Waals surface area contributed by atoms with Crippen LogP contribution in [0.3, 0.4) is 0 Å². The highest BCUT2D eigenvalue weighted by molar-refractivity contribution is 7.19. The number of thiophene rings is 1. The minimum Gasteiger partial charge on any atom is -0.497 e. The molecule has 3 aromatic rings. The molecule has 0 aliphatic heterocycles. The highest BCUT2D eigenvalue weighted by Crippen LogP contribution is 2.34. The van der Waals surface area contributed by atoms with Gasteiger partial charge in [0.2, 0.25) is 0 Å². The normalized spacial score (nSPS) is 12.6. The molecule has 1 heterocycles. The Morgan fingerprint density at radius 3 is 2.67 bits per heavy atom. The second kappa shape index (κ2) is 5.47. The Morgan fingerprint density at radius 1 is 1.14 bits per heavy atom. The van der Waals surface area contributed by atoms with Crippen LogP contribution < -0.4 is 10.5 Å². The zero-order chi connectivity index (χ0) is 15.0. The van der Waals surface area contributed by atoms with Crippen LogP contribution in [0.4, 0.5) is 4.39 Å². The minimum absolute atomic E-state index is 0.212. The van der Waals surface area contributed by atoms with Gasteiger partial charge < -0.3 is 10.5 Å². The molecule has 1 atom stereocenters. The summed E-state index contributed by atoms with van der Waals surface area (Å²) in [5.41, 5.74) is 8.53. The molecule has 2 N–H and O–H groups in total. The van der Waals surface area contributed by atoms with Gasteiger partial charge >= 0.3 is 0 Å². The number of methoxy groups -OCH3 is 1. The van der Waals surface area contributed by atoms with Crippen molar-refractivity contribution in [3.8, 4) is 5.75 Å². The van der Waals surface area contributed by atoms with Crippen LogP contribution in [0.5, 0.6) is 5.75 Å². The third-order valence-electron chi connectivity index (χ3n) is 3.62. The van der Waals surface area contributed by atoms with E-state index in [-0.39, 0.29) is 11.9 Å². The van der Waals surface area contributed by atoms with Crippen LogP contribution in [-0.2, 0) is 0 Å². The molecule has 0 amide bonds. The van der Waals surface area contributed by atoms with Gasteiger partial charge in [0.15, 0.2) is 0 Å². The average molecular weight is 301 g/mol. The molecule has 1 unspecified atom stereocenters. The highest BCUT2D eigenvalue weighted by Gasteiger charge is 2.15. The monoisotopic (exact) mass is 301 g/mol. The van der Waals surface area contributed by atoms with Gasteiger partial charge in [-0.05, 0) is 59.8 Å². The molecule has 0 aliphatic rings. The van der Waals surface area contributed by atoms with E-state index in [4.69, 9.17) is 10.5 Å². The molecular formula is C17H16FNOS. The number of aryl methyl sites for hydroxylation is 1. The number of nitrogens with two attached hydrogens (primary N) is 1. The summed E-state index contributed by atoms with van der Waals surface area (Å²) in [6, 6.07) is 12.5. The lowest BCUT2D eigenvalue weighted by atomic mass is 10.00. The maximum Gasteiger partial charge on any atom is 0.123 e. The van der Waals surface area contributed by atoms with Crippen LogP contribution in [0.2, 0.25) is 0 Å². The molecule has 0 saturated heterocycles. The van der Waals surface area contributed by atoms with Crippen molar-refractivity contribution >= 4 is 21.4 Å². The summed E-state index contributed by atoms with van der Waals surface area (Å²) in [5.74, 6) is 0.600. The number of hydrogen-bond donors (Lipinski definition) is 1. The molecule has 0 bridgehead atoms. The Morgan fingerprint density at radius 2 is 1.95 bits per heavy atom. The molecule has 2 aromatic carbocycles. The Balaban J connectivity index is 2.01. The molecule has 4 heteroatoms. The number of benzene rings is 2. The quantitative estimate of drug-likeness (QED) is 0.778. The fourth-order valence-corrected chi connectivity index (χ4v) is 3.53. The first-order chi connectivity index (χ1) is 10.1. The average Bonchev–Trinajstić information content (AvgIpc) is 2.89. The third kappa shape index (κ3) is 2.64. The Kier molecular flexibility index (Phi) is 3.66. The summed E-state index contributed by atoms with van der Waals surface area (Å²) in [6.07, 6.45) is 0. The number of fused-ring (bicyclic) bond motifs is 1. The molecule has 0 aliphatic carbocycles. The van der Waals surface area contributed by atoms with Gasteiger partial charge in [0.25, 0.3) is 0 Å². The topological polar surface area (TPSA) is 35.2 Å². The predicted molar refractivity (Wildman–Crippen MR) is 85.5 cm³/mol. The molecule has 1 aromatic heterocycles. The fraction of sp³-hybridized carbons (Fsp3) is 0.176. The highest BCUT2D eigenvalue weighted by atomic mass is 32.1. The molecule has 3 rings (SSSR count). The lowest BCUT2D eigenvalue weighted by Gasteiger charge is -2.14. The van der Waals surface area contributed by atoms with Crippen molar-refractivity contribution in [2.75, 3.05) is 7.11 Å². The molecule has 108 valence electrons. The van der Waals surface area contributed by atoms with Crippen molar-refractivity contribution < 1.29 is 9.13 Å². The number of hydrogen-bond acceptors (Lipinski definition) is 3. The Bertz CT molecular complexity index is 797. The predicted octanol–water partition coefficient (Wildman–Crippen LogP) is 4.41. The van der Waals surface area contributed by atoms with E-state index < -0.39 is 0 Å². The molecule has 21 heavy (non-hydrogen) atoms. The SMILES string of the molecule is COc1ccc(C(N)c2cc3cc(F)ccc3s2)c(C)c1. The zero-order valence-corrected chi connectivity index (χ0v) is 12.7. The number of ether oxygens (including phenoxy) is 1. The van der Waals surface area contributed by atoms with E-state index in [0.717, 1.165) is 31.8 Å². The fourth-order valence-electron chi connectivity index (χ4n) is 2.47. The number of rotatable bonds is 3. The maximum atomic E-state index is 13.3. The first-order valence-electron chi connectivity index (χ1n) is 6.67. The van der Waals surface area contributed by atoms with Gasteiger partial charge in [-0.25, -0.2) is 4.39 Å². The summed E-state index contributed by atoms with van der Waals surface area (Å²) in [6.45, 7) is 2.02. The van der Waals surface area contributed by atoms with Crippen LogP contribution in [-0.4, -0.2) is 7.11 Å². The van der Waals surface area contributed by atoms with E-state index in [2.05, 4.69) is 0 Å². The van der Waals surface area contributed by atoms with E-state index >= 15 is 0 Å². The Hall–Kier alpha value is -1.91. The second-order valence-corrected chi connectivity index (χ2v) is 6.15.